The molecule has 0 saturated heterocycles. The quantitative estimate of drug-likeness (QED) is 0.695. The minimum absolute atomic E-state index is 0.324. The van der Waals surface area contributed by atoms with Gasteiger partial charge in [0.05, 0.1) is 5.69 Å². The molecular weight excluding hydrogens is 193 g/mol. The molecule has 15 heavy (non-hydrogen) atoms. The second-order valence-corrected chi connectivity index (χ2v) is 3.38. The highest BCUT2D eigenvalue weighted by Crippen LogP contribution is 2.23. The van der Waals surface area contributed by atoms with Gasteiger partial charge in [-0.25, -0.2) is 4.39 Å². The molecule has 1 aromatic carbocycles. The number of hydrogen-bond donors (Lipinski definition) is 0. The number of carbonyl (C=O) groups excluding carboxylic acids is 1. The van der Waals surface area contributed by atoms with Crippen molar-refractivity contribution in [1.82, 2.24) is 0 Å². The topological polar surface area (TPSA) is 20.3 Å². The van der Waals surface area contributed by atoms with E-state index in [0.717, 1.165) is 13.0 Å². The Morgan fingerprint density at radius 2 is 2.13 bits per heavy atom. The lowest BCUT2D eigenvalue weighted by atomic mass is 10.1. The largest absolute Gasteiger partial charge is 0.369 e. The van der Waals surface area contributed by atoms with Crippen LogP contribution in [0.3, 0.4) is 0 Å². The van der Waals surface area contributed by atoms with Gasteiger partial charge < -0.3 is 4.90 Å². The zero-order valence-corrected chi connectivity index (χ0v) is 9.16. The van der Waals surface area contributed by atoms with Crippen molar-refractivity contribution in [2.24, 2.45) is 0 Å². The standard InChI is InChI=1S/C12H16FNO/c1-3-8-14(4-2)12-10(9-15)6-5-7-11(12)13/h5-7,9H,3-4,8H2,1-2H3. The van der Waals surface area contributed by atoms with E-state index in [4.69, 9.17) is 0 Å². The van der Waals surface area contributed by atoms with E-state index in [1.165, 1.54) is 6.07 Å². The predicted molar refractivity (Wildman–Crippen MR) is 60.0 cm³/mol. The molecule has 0 amide bonds. The summed E-state index contributed by atoms with van der Waals surface area (Å²) in [7, 11) is 0. The molecule has 0 radical (unpaired) electrons. The van der Waals surface area contributed by atoms with E-state index in [-0.39, 0.29) is 5.82 Å². The Hall–Kier alpha value is -1.38. The van der Waals surface area contributed by atoms with Crippen LogP contribution < -0.4 is 4.90 Å². The van der Waals surface area contributed by atoms with E-state index in [1.807, 2.05) is 18.7 Å². The highest BCUT2D eigenvalue weighted by Gasteiger charge is 2.13. The second-order valence-electron chi connectivity index (χ2n) is 3.38. The molecule has 0 fully saturated rings. The summed E-state index contributed by atoms with van der Waals surface area (Å²) in [5.41, 5.74) is 0.849. The molecular formula is C12H16FNO. The summed E-state index contributed by atoms with van der Waals surface area (Å²) in [6.45, 7) is 5.45. The SMILES string of the molecule is CCCN(CC)c1c(F)cccc1C=O. The van der Waals surface area contributed by atoms with Gasteiger partial charge >= 0.3 is 0 Å². The molecule has 0 saturated carbocycles. The summed E-state index contributed by atoms with van der Waals surface area (Å²) >= 11 is 0. The molecule has 2 nitrogen and oxygen atoms in total. The van der Waals surface area contributed by atoms with Gasteiger partial charge in [0.25, 0.3) is 0 Å². The summed E-state index contributed by atoms with van der Waals surface area (Å²) < 4.78 is 13.6. The van der Waals surface area contributed by atoms with Crippen LogP contribution in [0.4, 0.5) is 10.1 Å². The van der Waals surface area contributed by atoms with E-state index in [2.05, 4.69) is 0 Å². The van der Waals surface area contributed by atoms with Crippen molar-refractivity contribution in [3.8, 4) is 0 Å². The third kappa shape index (κ3) is 2.55. The van der Waals surface area contributed by atoms with Crippen LogP contribution in [0.25, 0.3) is 0 Å². The molecule has 3 heteroatoms. The number of nitrogens with zero attached hydrogens (tertiary/aromatic N) is 1. The fourth-order valence-electron chi connectivity index (χ4n) is 1.66. The van der Waals surface area contributed by atoms with Gasteiger partial charge in [0.2, 0.25) is 0 Å². The molecule has 0 aromatic heterocycles. The number of rotatable bonds is 5. The monoisotopic (exact) mass is 209 g/mol. The Morgan fingerprint density at radius 3 is 2.67 bits per heavy atom. The number of para-hydroxylation sites is 1. The van der Waals surface area contributed by atoms with Crippen molar-refractivity contribution >= 4 is 12.0 Å². The van der Waals surface area contributed by atoms with Crippen LogP contribution in [-0.2, 0) is 0 Å². The molecule has 0 aliphatic heterocycles. The summed E-state index contributed by atoms with van der Waals surface area (Å²) in [4.78, 5) is 12.7. The minimum Gasteiger partial charge on any atom is -0.369 e. The highest BCUT2D eigenvalue weighted by atomic mass is 19.1. The molecule has 0 aliphatic rings. The first kappa shape index (κ1) is 11.7. The minimum atomic E-state index is -0.324. The van der Waals surface area contributed by atoms with Gasteiger partial charge in [0.15, 0.2) is 6.29 Å². The highest BCUT2D eigenvalue weighted by molar-refractivity contribution is 5.84. The van der Waals surface area contributed by atoms with Crippen LogP contribution in [-0.4, -0.2) is 19.4 Å². The van der Waals surface area contributed by atoms with Crippen LogP contribution >= 0.6 is 0 Å². The second kappa shape index (κ2) is 5.49. The predicted octanol–water partition coefficient (Wildman–Crippen LogP) is 2.87. The number of benzene rings is 1. The van der Waals surface area contributed by atoms with E-state index < -0.39 is 0 Å². The molecule has 0 N–H and O–H groups in total. The smallest absolute Gasteiger partial charge is 0.152 e. The number of halogens is 1. The van der Waals surface area contributed by atoms with Gasteiger partial charge in [-0.1, -0.05) is 13.0 Å². The van der Waals surface area contributed by atoms with Crippen molar-refractivity contribution in [2.75, 3.05) is 18.0 Å². The van der Waals surface area contributed by atoms with E-state index in [0.29, 0.717) is 24.1 Å². The van der Waals surface area contributed by atoms with E-state index >= 15 is 0 Å². The van der Waals surface area contributed by atoms with Gasteiger partial charge in [-0.3, -0.25) is 4.79 Å². The van der Waals surface area contributed by atoms with Gasteiger partial charge in [-0.15, -0.1) is 0 Å². The van der Waals surface area contributed by atoms with Crippen molar-refractivity contribution in [1.29, 1.82) is 0 Å². The Morgan fingerprint density at radius 1 is 1.40 bits per heavy atom. The maximum Gasteiger partial charge on any atom is 0.152 e. The summed E-state index contributed by atoms with van der Waals surface area (Å²) in [6, 6.07) is 4.59. The Labute approximate surface area is 89.7 Å². The number of anilines is 1. The first-order chi connectivity index (χ1) is 7.24. The molecule has 0 aliphatic carbocycles. The molecule has 0 spiro atoms. The molecule has 0 unspecified atom stereocenters. The van der Waals surface area contributed by atoms with Crippen LogP contribution in [0.1, 0.15) is 30.6 Å². The van der Waals surface area contributed by atoms with Crippen LogP contribution in [0.2, 0.25) is 0 Å². The fourth-order valence-corrected chi connectivity index (χ4v) is 1.66. The zero-order chi connectivity index (χ0) is 11.3. The fraction of sp³-hybridized carbons (Fsp3) is 0.417. The molecule has 1 aromatic rings. The van der Waals surface area contributed by atoms with E-state index in [9.17, 15) is 9.18 Å². The normalized spacial score (nSPS) is 10.1. The third-order valence-corrected chi connectivity index (χ3v) is 2.34. The number of carbonyl (C=O) groups is 1. The first-order valence-corrected chi connectivity index (χ1v) is 5.23. The lowest BCUT2D eigenvalue weighted by Gasteiger charge is -2.24. The van der Waals surface area contributed by atoms with Crippen molar-refractivity contribution in [3.63, 3.8) is 0 Å². The third-order valence-electron chi connectivity index (χ3n) is 2.34. The van der Waals surface area contributed by atoms with Gasteiger partial charge in [0.1, 0.15) is 5.82 Å². The molecule has 0 heterocycles. The number of hydrogen-bond acceptors (Lipinski definition) is 2. The Kier molecular flexibility index (Phi) is 4.28. The van der Waals surface area contributed by atoms with Crippen molar-refractivity contribution < 1.29 is 9.18 Å². The summed E-state index contributed by atoms with van der Waals surface area (Å²) in [5, 5.41) is 0. The van der Waals surface area contributed by atoms with Gasteiger partial charge in [-0.2, -0.15) is 0 Å². The molecule has 0 atom stereocenters. The first-order valence-electron chi connectivity index (χ1n) is 5.23. The average molecular weight is 209 g/mol. The molecule has 82 valence electrons. The van der Waals surface area contributed by atoms with Crippen molar-refractivity contribution in [3.05, 3.63) is 29.6 Å². The Balaban J connectivity index is 3.13. The summed E-state index contributed by atoms with van der Waals surface area (Å²) in [6.07, 6.45) is 1.64. The summed E-state index contributed by atoms with van der Waals surface area (Å²) in [5.74, 6) is -0.324. The molecule has 1 rings (SSSR count). The average Bonchev–Trinajstić information content (AvgIpc) is 2.26. The maximum atomic E-state index is 13.6. The lowest BCUT2D eigenvalue weighted by Crippen LogP contribution is -2.25. The Bertz CT molecular complexity index is 338. The van der Waals surface area contributed by atoms with Crippen molar-refractivity contribution in [2.45, 2.75) is 20.3 Å². The maximum absolute atomic E-state index is 13.6. The van der Waals surface area contributed by atoms with Gasteiger partial charge in [-0.05, 0) is 25.5 Å². The molecule has 0 bridgehead atoms. The zero-order valence-electron chi connectivity index (χ0n) is 9.16. The van der Waals surface area contributed by atoms with Crippen LogP contribution in [0.5, 0.6) is 0 Å². The lowest BCUT2D eigenvalue weighted by molar-refractivity contribution is 0.112. The van der Waals surface area contributed by atoms with Crippen LogP contribution in [0.15, 0.2) is 18.2 Å². The van der Waals surface area contributed by atoms with Gasteiger partial charge in [0, 0.05) is 18.7 Å². The number of aldehydes is 1. The van der Waals surface area contributed by atoms with Crippen LogP contribution in [0, 0.1) is 5.82 Å². The van der Waals surface area contributed by atoms with E-state index in [1.54, 1.807) is 12.1 Å².